The zero-order valence-corrected chi connectivity index (χ0v) is 9.47. The smallest absolute Gasteiger partial charge is 0.225 e. The fourth-order valence-corrected chi connectivity index (χ4v) is 2.50. The number of rotatable bonds is 3. The van der Waals surface area contributed by atoms with Crippen LogP contribution < -0.4 is 4.74 Å². The molecule has 3 nitrogen and oxygen atoms in total. The molecule has 0 bridgehead atoms. The quantitative estimate of drug-likeness (QED) is 0.837. The van der Waals surface area contributed by atoms with Crippen molar-refractivity contribution in [2.75, 3.05) is 7.11 Å². The third kappa shape index (κ3) is 1.64. The average molecular weight is 213 g/mol. The summed E-state index contributed by atoms with van der Waals surface area (Å²) in [5.41, 5.74) is 0.288. The van der Waals surface area contributed by atoms with Gasteiger partial charge in [0.25, 0.3) is 0 Å². The Kier molecular flexibility index (Phi) is 2.27. The highest BCUT2D eigenvalue weighted by Gasteiger charge is 2.50. The van der Waals surface area contributed by atoms with E-state index in [2.05, 4.69) is 18.2 Å². The Bertz CT molecular complexity index is 335. The number of hydrogen-bond acceptors (Lipinski definition) is 4. The number of nitrogens with zero attached hydrogens (tertiary/aromatic N) is 1. The topological polar surface area (TPSA) is 42.4 Å². The minimum atomic E-state index is -0.369. The molecular weight excluding hydrogens is 198 g/mol. The van der Waals surface area contributed by atoms with Crippen LogP contribution in [0.5, 0.6) is 5.88 Å². The van der Waals surface area contributed by atoms with Gasteiger partial charge in [-0.05, 0) is 29.3 Å². The average Bonchev–Trinajstić information content (AvgIpc) is 2.64. The Balaban J connectivity index is 2.08. The van der Waals surface area contributed by atoms with E-state index < -0.39 is 0 Å². The van der Waals surface area contributed by atoms with Crippen LogP contribution in [0.15, 0.2) is 6.07 Å². The van der Waals surface area contributed by atoms with E-state index in [0.29, 0.717) is 11.8 Å². The molecule has 0 aliphatic heterocycles. The van der Waals surface area contributed by atoms with Gasteiger partial charge in [0, 0.05) is 6.07 Å². The van der Waals surface area contributed by atoms with E-state index in [-0.39, 0.29) is 11.5 Å². The molecule has 0 radical (unpaired) electrons. The van der Waals surface area contributed by atoms with Crippen LogP contribution in [0, 0.1) is 11.3 Å². The van der Waals surface area contributed by atoms with E-state index in [4.69, 9.17) is 4.74 Å². The largest absolute Gasteiger partial charge is 0.480 e. The molecule has 14 heavy (non-hydrogen) atoms. The number of methoxy groups -OCH3 is 1. The number of hydrogen-bond donors (Lipinski definition) is 1. The van der Waals surface area contributed by atoms with Gasteiger partial charge in [-0.15, -0.1) is 0 Å². The minimum absolute atomic E-state index is 0.288. The third-order valence-electron chi connectivity index (χ3n) is 2.98. The lowest BCUT2D eigenvalue weighted by Crippen LogP contribution is -2.02. The number of aliphatic hydroxyl groups is 1. The van der Waals surface area contributed by atoms with Gasteiger partial charge in [0.05, 0.1) is 18.1 Å². The summed E-state index contributed by atoms with van der Waals surface area (Å²) in [5.74, 6) is 0.982. The van der Waals surface area contributed by atoms with Crippen molar-refractivity contribution in [3.05, 3.63) is 10.9 Å². The maximum Gasteiger partial charge on any atom is 0.225 e. The summed E-state index contributed by atoms with van der Waals surface area (Å²) in [6.07, 6.45) is 0.723. The van der Waals surface area contributed by atoms with Crippen LogP contribution in [-0.4, -0.2) is 16.6 Å². The Hall–Kier alpha value is -0.610. The molecule has 2 atom stereocenters. The fraction of sp³-hybridized carbons (Fsp3) is 0.700. The number of aliphatic hydroxyl groups excluding tert-OH is 1. The first kappa shape index (κ1) is 9.93. The van der Waals surface area contributed by atoms with Crippen molar-refractivity contribution in [3.63, 3.8) is 0 Å². The van der Waals surface area contributed by atoms with Crippen molar-refractivity contribution < 1.29 is 9.84 Å². The highest BCUT2D eigenvalue weighted by atomic mass is 32.1. The lowest BCUT2D eigenvalue weighted by Gasteiger charge is -2.08. The van der Waals surface area contributed by atoms with Gasteiger partial charge in [-0.1, -0.05) is 13.8 Å². The molecule has 4 heteroatoms. The highest BCUT2D eigenvalue weighted by Crippen LogP contribution is 2.58. The van der Waals surface area contributed by atoms with Crippen molar-refractivity contribution in [2.45, 2.75) is 26.4 Å². The van der Waals surface area contributed by atoms with Crippen molar-refractivity contribution in [2.24, 2.45) is 11.3 Å². The van der Waals surface area contributed by atoms with Crippen LogP contribution in [0.25, 0.3) is 0 Å². The molecule has 2 rings (SSSR count). The molecule has 1 aliphatic rings. The molecule has 1 N–H and O–H groups in total. The lowest BCUT2D eigenvalue weighted by atomic mass is 10.1. The normalized spacial score (nSPS) is 25.9. The van der Waals surface area contributed by atoms with E-state index in [1.165, 1.54) is 11.5 Å². The molecule has 0 amide bonds. The van der Waals surface area contributed by atoms with Crippen molar-refractivity contribution in [3.8, 4) is 5.88 Å². The zero-order chi connectivity index (χ0) is 10.3. The minimum Gasteiger partial charge on any atom is -0.480 e. The molecule has 1 heterocycles. The van der Waals surface area contributed by atoms with Gasteiger partial charge in [0.2, 0.25) is 5.88 Å². The van der Waals surface area contributed by atoms with Crippen LogP contribution in [0.3, 0.4) is 0 Å². The molecule has 1 fully saturated rings. The fourth-order valence-electron chi connectivity index (χ4n) is 1.75. The van der Waals surface area contributed by atoms with E-state index in [9.17, 15) is 5.11 Å². The first-order valence-corrected chi connectivity index (χ1v) is 5.50. The highest BCUT2D eigenvalue weighted by molar-refractivity contribution is 7.06. The van der Waals surface area contributed by atoms with Crippen LogP contribution in [0.1, 0.15) is 31.2 Å². The summed E-state index contributed by atoms with van der Waals surface area (Å²) in [6, 6.07) is 1.82. The maximum absolute atomic E-state index is 10.0. The molecule has 1 aliphatic carbocycles. The van der Waals surface area contributed by atoms with Crippen LogP contribution >= 0.6 is 11.5 Å². The van der Waals surface area contributed by atoms with Gasteiger partial charge in [0.15, 0.2) is 0 Å². The zero-order valence-electron chi connectivity index (χ0n) is 8.65. The monoisotopic (exact) mass is 213 g/mol. The first-order chi connectivity index (χ1) is 6.54. The van der Waals surface area contributed by atoms with Crippen LogP contribution in [-0.2, 0) is 0 Å². The Morgan fingerprint density at radius 3 is 2.79 bits per heavy atom. The SMILES string of the molecule is COc1cc(C(O)C2CC2(C)C)sn1. The second-order valence-corrected chi connectivity index (χ2v) is 5.35. The van der Waals surface area contributed by atoms with E-state index in [0.717, 1.165) is 11.3 Å². The number of ether oxygens (including phenoxy) is 1. The molecule has 1 aromatic heterocycles. The third-order valence-corrected chi connectivity index (χ3v) is 3.82. The lowest BCUT2D eigenvalue weighted by molar-refractivity contribution is 0.142. The summed E-state index contributed by atoms with van der Waals surface area (Å²) >= 11 is 1.33. The van der Waals surface area contributed by atoms with Gasteiger partial charge in [-0.3, -0.25) is 0 Å². The summed E-state index contributed by atoms with van der Waals surface area (Å²) in [7, 11) is 1.59. The molecular formula is C10H15NO2S. The van der Waals surface area contributed by atoms with E-state index in [1.54, 1.807) is 7.11 Å². The maximum atomic E-state index is 10.0. The predicted octanol–water partition coefficient (Wildman–Crippen LogP) is 2.23. The van der Waals surface area contributed by atoms with Gasteiger partial charge in [-0.25, -0.2) is 0 Å². The summed E-state index contributed by atoms with van der Waals surface area (Å²) in [5, 5.41) is 10.0. The van der Waals surface area contributed by atoms with E-state index in [1.807, 2.05) is 6.07 Å². The van der Waals surface area contributed by atoms with Crippen molar-refractivity contribution in [1.29, 1.82) is 0 Å². The predicted molar refractivity (Wildman–Crippen MR) is 55.5 cm³/mol. The van der Waals surface area contributed by atoms with Gasteiger partial charge < -0.3 is 9.84 Å². The van der Waals surface area contributed by atoms with E-state index >= 15 is 0 Å². The Morgan fingerprint density at radius 1 is 1.71 bits per heavy atom. The summed E-state index contributed by atoms with van der Waals surface area (Å²) in [4.78, 5) is 0.914. The van der Waals surface area contributed by atoms with Gasteiger partial charge >= 0.3 is 0 Å². The van der Waals surface area contributed by atoms with Gasteiger partial charge in [-0.2, -0.15) is 4.37 Å². The number of aromatic nitrogens is 1. The molecule has 0 aromatic carbocycles. The van der Waals surface area contributed by atoms with Crippen LogP contribution in [0.4, 0.5) is 0 Å². The standard InChI is InChI=1S/C10H15NO2S/c1-10(2)5-6(10)9(12)7-4-8(13-3)11-14-7/h4,6,9,12H,5H2,1-3H3. The molecule has 1 saturated carbocycles. The Morgan fingerprint density at radius 2 is 2.36 bits per heavy atom. The second-order valence-electron chi connectivity index (χ2n) is 4.52. The molecule has 0 spiro atoms. The van der Waals surface area contributed by atoms with Crippen LogP contribution in [0.2, 0.25) is 0 Å². The molecule has 0 saturated heterocycles. The molecule has 2 unspecified atom stereocenters. The Labute approximate surface area is 87.9 Å². The second kappa shape index (κ2) is 3.21. The van der Waals surface area contributed by atoms with Crippen molar-refractivity contribution in [1.82, 2.24) is 4.37 Å². The van der Waals surface area contributed by atoms with Crippen molar-refractivity contribution >= 4 is 11.5 Å². The summed E-state index contributed by atoms with van der Waals surface area (Å²) < 4.78 is 9.06. The first-order valence-electron chi connectivity index (χ1n) is 4.73. The van der Waals surface area contributed by atoms with Gasteiger partial charge in [0.1, 0.15) is 0 Å². The molecule has 78 valence electrons. The molecule has 1 aromatic rings. The summed E-state index contributed by atoms with van der Waals surface area (Å²) in [6.45, 7) is 4.36.